The number of aliphatic imine (C=N–C) groups is 1. The van der Waals surface area contributed by atoms with E-state index in [1.54, 1.807) is 14.2 Å². The highest BCUT2D eigenvalue weighted by Gasteiger charge is 2.00. The van der Waals surface area contributed by atoms with Crippen LogP contribution in [0.15, 0.2) is 29.3 Å². The topological polar surface area (TPSA) is 45.7 Å². The van der Waals surface area contributed by atoms with Gasteiger partial charge < -0.3 is 15.4 Å². The maximum absolute atomic E-state index is 5.08. The average Bonchev–Trinajstić information content (AvgIpc) is 2.36. The van der Waals surface area contributed by atoms with Gasteiger partial charge in [-0.2, -0.15) is 0 Å². The van der Waals surface area contributed by atoms with E-state index in [-0.39, 0.29) is 24.0 Å². The van der Waals surface area contributed by atoms with Crippen LogP contribution in [0.5, 0.6) is 0 Å². The lowest BCUT2D eigenvalue weighted by Gasteiger charge is -2.14. The Morgan fingerprint density at radius 2 is 1.79 bits per heavy atom. The van der Waals surface area contributed by atoms with Gasteiger partial charge in [-0.3, -0.25) is 4.99 Å². The zero-order valence-electron chi connectivity index (χ0n) is 12.1. The molecule has 5 heteroatoms. The van der Waals surface area contributed by atoms with Crippen LogP contribution >= 0.6 is 24.0 Å². The smallest absolute Gasteiger partial charge is 0.191 e. The molecule has 1 aromatic carbocycles. The number of ether oxygens (including phenoxy) is 1. The van der Waals surface area contributed by atoms with E-state index >= 15 is 0 Å². The van der Waals surface area contributed by atoms with E-state index in [0.29, 0.717) is 12.6 Å². The summed E-state index contributed by atoms with van der Waals surface area (Å²) >= 11 is 0. The minimum absolute atomic E-state index is 0. The Kier molecular flexibility index (Phi) is 9.59. The predicted octanol–water partition coefficient (Wildman–Crippen LogP) is 2.52. The summed E-state index contributed by atoms with van der Waals surface area (Å²) in [5, 5.41) is 6.53. The van der Waals surface area contributed by atoms with E-state index in [1.165, 1.54) is 11.1 Å². The molecule has 0 atom stereocenters. The summed E-state index contributed by atoms with van der Waals surface area (Å²) in [6, 6.07) is 8.74. The molecule has 1 rings (SSSR count). The monoisotopic (exact) mass is 377 g/mol. The summed E-state index contributed by atoms with van der Waals surface area (Å²) in [6.07, 6.45) is 0. The first-order valence-corrected chi connectivity index (χ1v) is 6.19. The van der Waals surface area contributed by atoms with Crippen LogP contribution in [0.3, 0.4) is 0 Å². The van der Waals surface area contributed by atoms with Gasteiger partial charge in [0.05, 0.1) is 6.61 Å². The van der Waals surface area contributed by atoms with Crippen molar-refractivity contribution < 1.29 is 4.74 Å². The third-order valence-electron chi connectivity index (χ3n) is 2.44. The van der Waals surface area contributed by atoms with Crippen molar-refractivity contribution in [1.82, 2.24) is 10.6 Å². The number of nitrogens with one attached hydrogen (secondary N) is 2. The molecule has 0 fully saturated rings. The molecule has 108 valence electrons. The molecule has 0 aromatic heterocycles. The van der Waals surface area contributed by atoms with Crippen molar-refractivity contribution in [2.24, 2.45) is 4.99 Å². The van der Waals surface area contributed by atoms with Gasteiger partial charge in [0.25, 0.3) is 0 Å². The van der Waals surface area contributed by atoms with Gasteiger partial charge in [-0.1, -0.05) is 24.3 Å². The molecule has 0 aliphatic rings. The van der Waals surface area contributed by atoms with E-state index < -0.39 is 0 Å². The lowest BCUT2D eigenvalue weighted by Crippen LogP contribution is -2.40. The molecule has 0 unspecified atom stereocenters. The SMILES string of the molecule is CN=C(NCc1ccc(COC)cc1)NC(C)C.I. The molecule has 0 radical (unpaired) electrons. The van der Waals surface area contributed by atoms with Gasteiger partial charge >= 0.3 is 0 Å². The highest BCUT2D eigenvalue weighted by atomic mass is 127. The summed E-state index contributed by atoms with van der Waals surface area (Å²) in [5.74, 6) is 0.825. The Bertz CT molecular complexity index is 377. The molecule has 0 saturated carbocycles. The highest BCUT2D eigenvalue weighted by molar-refractivity contribution is 14.0. The normalized spacial score (nSPS) is 11.1. The average molecular weight is 377 g/mol. The Balaban J connectivity index is 0.00000324. The molecular weight excluding hydrogens is 353 g/mol. The van der Waals surface area contributed by atoms with Crippen molar-refractivity contribution in [3.8, 4) is 0 Å². The lowest BCUT2D eigenvalue weighted by molar-refractivity contribution is 0.185. The second-order valence-electron chi connectivity index (χ2n) is 4.47. The summed E-state index contributed by atoms with van der Waals surface area (Å²) in [7, 11) is 3.48. The van der Waals surface area contributed by atoms with Gasteiger partial charge in [0.2, 0.25) is 0 Å². The van der Waals surface area contributed by atoms with Gasteiger partial charge in [-0.15, -0.1) is 24.0 Å². The standard InChI is InChI=1S/C14H23N3O.HI/c1-11(2)17-14(15-3)16-9-12-5-7-13(8-6-12)10-18-4;/h5-8,11H,9-10H2,1-4H3,(H2,15,16,17);1H. The van der Waals surface area contributed by atoms with Gasteiger partial charge in [0, 0.05) is 26.7 Å². The first kappa shape index (κ1) is 18.2. The molecule has 19 heavy (non-hydrogen) atoms. The Morgan fingerprint density at radius 1 is 1.21 bits per heavy atom. The Hall–Kier alpha value is -0.820. The number of methoxy groups -OCH3 is 1. The molecule has 1 aromatic rings. The van der Waals surface area contributed by atoms with Gasteiger partial charge in [-0.25, -0.2) is 0 Å². The molecule has 0 aliphatic carbocycles. The largest absolute Gasteiger partial charge is 0.380 e. The minimum atomic E-state index is 0. The summed E-state index contributed by atoms with van der Waals surface area (Å²) in [6.45, 7) is 5.60. The fraction of sp³-hybridized carbons (Fsp3) is 0.500. The minimum Gasteiger partial charge on any atom is -0.380 e. The number of benzene rings is 1. The van der Waals surface area contributed by atoms with Crippen LogP contribution in [0.4, 0.5) is 0 Å². The van der Waals surface area contributed by atoms with Crippen LogP contribution < -0.4 is 10.6 Å². The predicted molar refractivity (Wildman–Crippen MR) is 91.0 cm³/mol. The van der Waals surface area contributed by atoms with Crippen LogP contribution in [0.1, 0.15) is 25.0 Å². The van der Waals surface area contributed by atoms with Gasteiger partial charge in [0.15, 0.2) is 5.96 Å². The molecule has 0 heterocycles. The number of halogens is 1. The maximum atomic E-state index is 5.08. The number of guanidine groups is 1. The van der Waals surface area contributed by atoms with Crippen molar-refractivity contribution in [2.75, 3.05) is 14.2 Å². The number of rotatable bonds is 5. The molecular formula is C14H24IN3O. The first-order valence-electron chi connectivity index (χ1n) is 6.19. The molecule has 0 saturated heterocycles. The van der Waals surface area contributed by atoms with Crippen LogP contribution in [-0.2, 0) is 17.9 Å². The van der Waals surface area contributed by atoms with E-state index in [1.807, 2.05) is 0 Å². The molecule has 0 aliphatic heterocycles. The number of hydrogen-bond donors (Lipinski definition) is 2. The van der Waals surface area contributed by atoms with Crippen LogP contribution in [0.25, 0.3) is 0 Å². The van der Waals surface area contributed by atoms with Crippen molar-refractivity contribution in [1.29, 1.82) is 0 Å². The zero-order chi connectivity index (χ0) is 13.4. The van der Waals surface area contributed by atoms with E-state index in [9.17, 15) is 0 Å². The summed E-state index contributed by atoms with van der Waals surface area (Å²) in [4.78, 5) is 4.16. The summed E-state index contributed by atoms with van der Waals surface area (Å²) in [5.41, 5.74) is 2.41. The molecule has 4 nitrogen and oxygen atoms in total. The van der Waals surface area contributed by atoms with Crippen molar-refractivity contribution in [3.63, 3.8) is 0 Å². The van der Waals surface area contributed by atoms with Crippen LogP contribution in [0.2, 0.25) is 0 Å². The molecule has 2 N–H and O–H groups in total. The van der Waals surface area contributed by atoms with Crippen molar-refractivity contribution >= 4 is 29.9 Å². The third kappa shape index (κ3) is 7.37. The van der Waals surface area contributed by atoms with Gasteiger partial charge in [-0.05, 0) is 25.0 Å². The van der Waals surface area contributed by atoms with E-state index in [2.05, 4.69) is 53.7 Å². The van der Waals surface area contributed by atoms with Crippen LogP contribution in [0, 0.1) is 0 Å². The van der Waals surface area contributed by atoms with E-state index in [4.69, 9.17) is 4.74 Å². The molecule has 0 bridgehead atoms. The molecule has 0 spiro atoms. The fourth-order valence-corrected chi connectivity index (χ4v) is 1.57. The molecule has 0 amide bonds. The van der Waals surface area contributed by atoms with E-state index in [0.717, 1.165) is 12.5 Å². The Morgan fingerprint density at radius 3 is 2.26 bits per heavy atom. The quantitative estimate of drug-likeness (QED) is 0.471. The zero-order valence-corrected chi connectivity index (χ0v) is 14.4. The summed E-state index contributed by atoms with van der Waals surface area (Å²) < 4.78 is 5.08. The Labute approximate surface area is 133 Å². The lowest BCUT2D eigenvalue weighted by atomic mass is 10.1. The first-order chi connectivity index (χ1) is 8.65. The second kappa shape index (κ2) is 10.0. The third-order valence-corrected chi connectivity index (χ3v) is 2.44. The number of hydrogen-bond acceptors (Lipinski definition) is 2. The second-order valence-corrected chi connectivity index (χ2v) is 4.47. The number of nitrogens with zero attached hydrogens (tertiary/aromatic N) is 1. The van der Waals surface area contributed by atoms with Crippen molar-refractivity contribution in [3.05, 3.63) is 35.4 Å². The van der Waals surface area contributed by atoms with Crippen molar-refractivity contribution in [2.45, 2.75) is 33.0 Å². The van der Waals surface area contributed by atoms with Crippen LogP contribution in [-0.4, -0.2) is 26.2 Å². The maximum Gasteiger partial charge on any atom is 0.191 e. The van der Waals surface area contributed by atoms with Gasteiger partial charge in [0.1, 0.15) is 0 Å². The highest BCUT2D eigenvalue weighted by Crippen LogP contribution is 2.05. The fourth-order valence-electron chi connectivity index (χ4n) is 1.57.